The van der Waals surface area contributed by atoms with E-state index in [1.807, 2.05) is 19.1 Å². The molecule has 110 valence electrons. The summed E-state index contributed by atoms with van der Waals surface area (Å²) in [5, 5.41) is 3.40. The third kappa shape index (κ3) is 2.75. The Labute approximate surface area is 121 Å². The SMILES string of the molecule is Cc1ccccc1S(=O)(=O)N(CC1CCCN1)C1CC1. The van der Waals surface area contributed by atoms with Crippen molar-refractivity contribution in [3.8, 4) is 0 Å². The van der Waals surface area contributed by atoms with Crippen LogP contribution in [0.3, 0.4) is 0 Å². The highest BCUT2D eigenvalue weighted by Gasteiger charge is 2.39. The zero-order valence-corrected chi connectivity index (χ0v) is 12.7. The van der Waals surface area contributed by atoms with Crippen LogP contribution in [0.2, 0.25) is 0 Å². The number of aryl methyl sites for hydroxylation is 1. The summed E-state index contributed by atoms with van der Waals surface area (Å²) in [7, 11) is -3.36. The van der Waals surface area contributed by atoms with E-state index in [0.717, 1.165) is 37.8 Å². The molecule has 1 unspecified atom stereocenters. The van der Waals surface area contributed by atoms with Crippen LogP contribution < -0.4 is 5.32 Å². The minimum Gasteiger partial charge on any atom is -0.313 e. The molecule has 0 aromatic heterocycles. The fourth-order valence-electron chi connectivity index (χ4n) is 2.91. The van der Waals surface area contributed by atoms with Crippen LogP contribution in [0, 0.1) is 6.92 Å². The van der Waals surface area contributed by atoms with E-state index in [2.05, 4.69) is 5.32 Å². The quantitative estimate of drug-likeness (QED) is 0.902. The zero-order valence-electron chi connectivity index (χ0n) is 11.9. The topological polar surface area (TPSA) is 49.4 Å². The lowest BCUT2D eigenvalue weighted by Crippen LogP contribution is -2.42. The van der Waals surface area contributed by atoms with Crippen molar-refractivity contribution >= 4 is 10.0 Å². The number of benzene rings is 1. The first-order chi connectivity index (χ1) is 9.59. The molecule has 2 fully saturated rings. The van der Waals surface area contributed by atoms with Crippen LogP contribution in [-0.4, -0.2) is 37.9 Å². The molecule has 1 N–H and O–H groups in total. The molecule has 0 spiro atoms. The van der Waals surface area contributed by atoms with E-state index in [1.165, 1.54) is 0 Å². The van der Waals surface area contributed by atoms with Crippen molar-refractivity contribution in [2.24, 2.45) is 0 Å². The van der Waals surface area contributed by atoms with Gasteiger partial charge in [0.1, 0.15) is 0 Å². The van der Waals surface area contributed by atoms with E-state index in [0.29, 0.717) is 17.5 Å². The Kier molecular flexibility index (Phi) is 3.84. The first kappa shape index (κ1) is 14.0. The number of sulfonamides is 1. The van der Waals surface area contributed by atoms with Crippen LogP contribution in [0.4, 0.5) is 0 Å². The molecule has 0 bridgehead atoms. The van der Waals surface area contributed by atoms with E-state index < -0.39 is 10.0 Å². The van der Waals surface area contributed by atoms with E-state index in [9.17, 15) is 8.42 Å². The molecule has 1 aromatic rings. The molecule has 20 heavy (non-hydrogen) atoms. The predicted octanol–water partition coefficient (Wildman–Crippen LogP) is 1.90. The van der Waals surface area contributed by atoms with Gasteiger partial charge in [0, 0.05) is 18.6 Å². The van der Waals surface area contributed by atoms with Gasteiger partial charge in [-0.05, 0) is 50.8 Å². The lowest BCUT2D eigenvalue weighted by atomic mass is 10.2. The molecular formula is C15H22N2O2S. The van der Waals surface area contributed by atoms with Crippen molar-refractivity contribution in [1.29, 1.82) is 0 Å². The highest BCUT2D eigenvalue weighted by atomic mass is 32.2. The first-order valence-corrected chi connectivity index (χ1v) is 8.84. The van der Waals surface area contributed by atoms with Gasteiger partial charge in [0.15, 0.2) is 0 Å². The average Bonchev–Trinajstić information content (AvgIpc) is 3.12. The molecule has 5 heteroatoms. The van der Waals surface area contributed by atoms with Crippen molar-refractivity contribution in [3.63, 3.8) is 0 Å². The Morgan fingerprint density at radius 1 is 1.25 bits per heavy atom. The third-order valence-corrected chi connectivity index (χ3v) is 6.28. The maximum Gasteiger partial charge on any atom is 0.243 e. The number of hydrogen-bond acceptors (Lipinski definition) is 3. The normalized spacial score (nSPS) is 23.4. The van der Waals surface area contributed by atoms with Gasteiger partial charge in [0.25, 0.3) is 0 Å². The maximum absolute atomic E-state index is 12.9. The summed E-state index contributed by atoms with van der Waals surface area (Å²) in [6, 6.07) is 7.80. The molecule has 0 radical (unpaired) electrons. The van der Waals surface area contributed by atoms with Gasteiger partial charge in [-0.3, -0.25) is 0 Å². The molecule has 3 rings (SSSR count). The predicted molar refractivity (Wildman–Crippen MR) is 79.1 cm³/mol. The molecule has 1 saturated carbocycles. The maximum atomic E-state index is 12.9. The molecule has 0 amide bonds. The largest absolute Gasteiger partial charge is 0.313 e. The Morgan fingerprint density at radius 2 is 2.00 bits per heavy atom. The lowest BCUT2D eigenvalue weighted by molar-refractivity contribution is 0.362. The van der Waals surface area contributed by atoms with Crippen molar-refractivity contribution in [2.45, 2.75) is 49.6 Å². The second-order valence-electron chi connectivity index (χ2n) is 5.86. The molecule has 1 aliphatic heterocycles. The summed E-state index contributed by atoms with van der Waals surface area (Å²) in [6.45, 7) is 3.49. The second-order valence-corrected chi connectivity index (χ2v) is 7.72. The lowest BCUT2D eigenvalue weighted by Gasteiger charge is -2.25. The fourth-order valence-corrected chi connectivity index (χ4v) is 4.87. The van der Waals surface area contributed by atoms with Crippen LogP contribution in [0.5, 0.6) is 0 Å². The zero-order chi connectivity index (χ0) is 14.2. The van der Waals surface area contributed by atoms with Gasteiger partial charge in [0.2, 0.25) is 10.0 Å². The van der Waals surface area contributed by atoms with Crippen LogP contribution in [-0.2, 0) is 10.0 Å². The molecule has 1 aromatic carbocycles. The molecule has 4 nitrogen and oxygen atoms in total. The van der Waals surface area contributed by atoms with E-state index in [-0.39, 0.29) is 6.04 Å². The number of hydrogen-bond donors (Lipinski definition) is 1. The molecular weight excluding hydrogens is 272 g/mol. The summed E-state index contributed by atoms with van der Waals surface area (Å²) < 4.78 is 27.6. The smallest absolute Gasteiger partial charge is 0.243 e. The van der Waals surface area contributed by atoms with E-state index in [1.54, 1.807) is 16.4 Å². The second kappa shape index (κ2) is 5.47. The van der Waals surface area contributed by atoms with Gasteiger partial charge in [-0.25, -0.2) is 8.42 Å². The summed E-state index contributed by atoms with van der Waals surface area (Å²) in [5.74, 6) is 0. The van der Waals surface area contributed by atoms with E-state index >= 15 is 0 Å². The summed E-state index contributed by atoms with van der Waals surface area (Å²) >= 11 is 0. The highest BCUT2D eigenvalue weighted by Crippen LogP contribution is 2.33. The van der Waals surface area contributed by atoms with Crippen LogP contribution in [0.15, 0.2) is 29.2 Å². The minimum atomic E-state index is -3.36. The van der Waals surface area contributed by atoms with E-state index in [4.69, 9.17) is 0 Å². The van der Waals surface area contributed by atoms with Crippen LogP contribution in [0.25, 0.3) is 0 Å². The minimum absolute atomic E-state index is 0.210. The van der Waals surface area contributed by atoms with Gasteiger partial charge >= 0.3 is 0 Å². The van der Waals surface area contributed by atoms with Crippen LogP contribution in [0.1, 0.15) is 31.2 Å². The van der Waals surface area contributed by atoms with Crippen molar-refractivity contribution in [2.75, 3.05) is 13.1 Å². The van der Waals surface area contributed by atoms with Crippen molar-refractivity contribution < 1.29 is 8.42 Å². The van der Waals surface area contributed by atoms with Gasteiger partial charge < -0.3 is 5.32 Å². The molecule has 1 atom stereocenters. The summed E-state index contributed by atoms with van der Waals surface area (Å²) in [4.78, 5) is 0.463. The monoisotopic (exact) mass is 294 g/mol. The Bertz CT molecular complexity index is 575. The first-order valence-electron chi connectivity index (χ1n) is 7.40. The molecule has 1 saturated heterocycles. The Hall–Kier alpha value is -0.910. The number of nitrogens with one attached hydrogen (secondary N) is 1. The van der Waals surface area contributed by atoms with Gasteiger partial charge in [-0.1, -0.05) is 18.2 Å². The summed E-state index contributed by atoms with van der Waals surface area (Å²) in [6.07, 6.45) is 4.22. The molecule has 1 aliphatic carbocycles. The average molecular weight is 294 g/mol. The standard InChI is InChI=1S/C15H22N2O2S/c1-12-5-2-3-7-15(12)20(18,19)17(14-8-9-14)11-13-6-4-10-16-13/h2-3,5,7,13-14,16H,4,6,8-11H2,1H3. The highest BCUT2D eigenvalue weighted by molar-refractivity contribution is 7.89. The molecule has 1 heterocycles. The Balaban J connectivity index is 1.87. The van der Waals surface area contributed by atoms with Gasteiger partial charge in [0.05, 0.1) is 4.90 Å². The number of nitrogens with zero attached hydrogens (tertiary/aromatic N) is 1. The van der Waals surface area contributed by atoms with Gasteiger partial charge in [-0.15, -0.1) is 0 Å². The fraction of sp³-hybridized carbons (Fsp3) is 0.600. The van der Waals surface area contributed by atoms with Gasteiger partial charge in [-0.2, -0.15) is 4.31 Å². The Morgan fingerprint density at radius 3 is 2.60 bits per heavy atom. The number of rotatable bonds is 5. The van der Waals surface area contributed by atoms with Crippen molar-refractivity contribution in [1.82, 2.24) is 9.62 Å². The third-order valence-electron chi connectivity index (χ3n) is 4.20. The van der Waals surface area contributed by atoms with Crippen molar-refractivity contribution in [3.05, 3.63) is 29.8 Å². The van der Waals surface area contributed by atoms with Crippen LogP contribution >= 0.6 is 0 Å². The molecule has 2 aliphatic rings. The summed E-state index contributed by atoms with van der Waals surface area (Å²) in [5.41, 5.74) is 0.831.